The van der Waals surface area contributed by atoms with Gasteiger partial charge in [-0.15, -0.1) is 0 Å². The molecule has 2 aliphatic rings. The highest BCUT2D eigenvalue weighted by Crippen LogP contribution is 2.41. The van der Waals surface area contributed by atoms with Crippen LogP contribution in [-0.2, 0) is 4.74 Å². The van der Waals surface area contributed by atoms with Crippen LogP contribution in [0.25, 0.3) is 10.9 Å². The molecule has 2 unspecified atom stereocenters. The third kappa shape index (κ3) is 5.03. The van der Waals surface area contributed by atoms with Crippen molar-refractivity contribution in [2.45, 2.75) is 18.0 Å². The molecule has 0 amide bonds. The van der Waals surface area contributed by atoms with Crippen molar-refractivity contribution in [3.05, 3.63) is 40.9 Å². The van der Waals surface area contributed by atoms with Gasteiger partial charge >= 0.3 is 0 Å². The molecule has 1 N–H and O–H groups in total. The zero-order chi connectivity index (χ0) is 22.7. The lowest BCUT2D eigenvalue weighted by molar-refractivity contribution is 0.158. The number of halogens is 1. The van der Waals surface area contributed by atoms with Crippen LogP contribution in [0.15, 0.2) is 40.4 Å². The SMILES string of the molecule is COC1=C(Cl)C(c2cc3cnc(SC)nc3c(NCCN3CCN(C)CC3)n2)C(C)C=C1. The number of thioether (sulfide) groups is 1. The van der Waals surface area contributed by atoms with Gasteiger partial charge in [0.25, 0.3) is 0 Å². The number of nitrogens with one attached hydrogen (secondary N) is 1. The minimum Gasteiger partial charge on any atom is -0.496 e. The van der Waals surface area contributed by atoms with E-state index in [0.29, 0.717) is 10.8 Å². The van der Waals surface area contributed by atoms with Crippen molar-refractivity contribution >= 4 is 40.1 Å². The molecular weight excluding hydrogens is 444 g/mol. The highest BCUT2D eigenvalue weighted by Gasteiger charge is 2.29. The van der Waals surface area contributed by atoms with Gasteiger partial charge in [0, 0.05) is 56.8 Å². The van der Waals surface area contributed by atoms with Crippen molar-refractivity contribution in [2.24, 2.45) is 5.92 Å². The second kappa shape index (κ2) is 10.4. The van der Waals surface area contributed by atoms with E-state index in [9.17, 15) is 0 Å². The van der Waals surface area contributed by atoms with E-state index in [4.69, 9.17) is 26.3 Å². The Morgan fingerprint density at radius 1 is 1.25 bits per heavy atom. The molecule has 2 aromatic rings. The number of likely N-dealkylation sites (N-methyl/N-ethyl adjacent to an activating group) is 1. The largest absolute Gasteiger partial charge is 0.496 e. The number of fused-ring (bicyclic) bond motifs is 1. The second-order valence-corrected chi connectivity index (χ2v) is 9.55. The summed E-state index contributed by atoms with van der Waals surface area (Å²) in [6.45, 7) is 8.34. The smallest absolute Gasteiger partial charge is 0.187 e. The second-order valence-electron chi connectivity index (χ2n) is 8.37. The maximum absolute atomic E-state index is 6.74. The Morgan fingerprint density at radius 3 is 2.75 bits per heavy atom. The summed E-state index contributed by atoms with van der Waals surface area (Å²) in [5, 5.41) is 5.93. The highest BCUT2D eigenvalue weighted by molar-refractivity contribution is 7.98. The Balaban J connectivity index is 1.63. The summed E-state index contributed by atoms with van der Waals surface area (Å²) in [7, 11) is 3.82. The van der Waals surface area contributed by atoms with E-state index in [0.717, 1.165) is 66.8 Å². The van der Waals surface area contributed by atoms with Crippen LogP contribution in [-0.4, -0.2) is 84.4 Å². The number of pyridine rings is 1. The molecule has 1 aliphatic heterocycles. The number of anilines is 1. The van der Waals surface area contributed by atoms with Gasteiger partial charge in [-0.05, 0) is 31.4 Å². The summed E-state index contributed by atoms with van der Waals surface area (Å²) in [5.74, 6) is 1.61. The van der Waals surface area contributed by atoms with Crippen molar-refractivity contribution in [2.75, 3.05) is 65.0 Å². The number of nitrogens with zero attached hydrogens (tertiary/aromatic N) is 5. The zero-order valence-corrected chi connectivity index (χ0v) is 20.7. The molecule has 0 spiro atoms. The zero-order valence-electron chi connectivity index (χ0n) is 19.1. The van der Waals surface area contributed by atoms with Gasteiger partial charge in [-0.3, -0.25) is 4.90 Å². The lowest BCUT2D eigenvalue weighted by Gasteiger charge is -2.32. The first-order chi connectivity index (χ1) is 15.5. The van der Waals surface area contributed by atoms with Gasteiger partial charge < -0.3 is 15.0 Å². The van der Waals surface area contributed by atoms with E-state index in [1.807, 2.05) is 18.5 Å². The van der Waals surface area contributed by atoms with E-state index in [1.165, 1.54) is 11.8 Å². The molecule has 2 atom stereocenters. The van der Waals surface area contributed by atoms with Crippen LogP contribution in [0.4, 0.5) is 5.82 Å². The molecule has 2 aromatic heterocycles. The number of hydrogen-bond acceptors (Lipinski definition) is 8. The fourth-order valence-corrected chi connectivity index (χ4v) is 5.00. The van der Waals surface area contributed by atoms with E-state index < -0.39 is 0 Å². The highest BCUT2D eigenvalue weighted by atomic mass is 35.5. The molecule has 4 rings (SSSR count). The normalized spacial score (nSPS) is 22.5. The molecular formula is C23H31ClN6OS. The van der Waals surface area contributed by atoms with E-state index in [2.05, 4.69) is 46.2 Å². The van der Waals surface area contributed by atoms with Gasteiger partial charge in [-0.1, -0.05) is 36.4 Å². The molecule has 0 aromatic carbocycles. The first-order valence-corrected chi connectivity index (χ1v) is 12.6. The first-order valence-electron chi connectivity index (χ1n) is 11.0. The summed E-state index contributed by atoms with van der Waals surface area (Å²) in [6.07, 6.45) is 7.92. The predicted molar refractivity (Wildman–Crippen MR) is 132 cm³/mol. The molecule has 1 saturated heterocycles. The molecule has 0 saturated carbocycles. The average molecular weight is 475 g/mol. The van der Waals surface area contributed by atoms with Crippen LogP contribution in [0.1, 0.15) is 18.5 Å². The quantitative estimate of drug-likeness (QED) is 0.480. The number of methoxy groups -OCH3 is 1. The van der Waals surface area contributed by atoms with Crippen molar-refractivity contribution < 1.29 is 4.74 Å². The Hall–Kier alpha value is -1.87. The fourth-order valence-electron chi connectivity index (χ4n) is 4.21. The molecule has 3 heterocycles. The monoisotopic (exact) mass is 474 g/mol. The number of ether oxygens (including phenoxy) is 1. The van der Waals surface area contributed by atoms with Crippen LogP contribution in [0.2, 0.25) is 0 Å². The molecule has 32 heavy (non-hydrogen) atoms. The summed E-state index contributed by atoms with van der Waals surface area (Å²) < 4.78 is 5.47. The summed E-state index contributed by atoms with van der Waals surface area (Å²) >= 11 is 8.28. The third-order valence-electron chi connectivity index (χ3n) is 6.19. The predicted octanol–water partition coefficient (Wildman–Crippen LogP) is 3.79. The van der Waals surface area contributed by atoms with Crippen LogP contribution in [0.3, 0.4) is 0 Å². The minimum absolute atomic E-state index is 0.0700. The number of hydrogen-bond donors (Lipinski definition) is 1. The van der Waals surface area contributed by atoms with E-state index >= 15 is 0 Å². The van der Waals surface area contributed by atoms with Crippen molar-refractivity contribution in [1.29, 1.82) is 0 Å². The lowest BCUT2D eigenvalue weighted by Crippen LogP contribution is -2.45. The summed E-state index contributed by atoms with van der Waals surface area (Å²) in [5.41, 5.74) is 1.74. The summed E-state index contributed by atoms with van der Waals surface area (Å²) in [4.78, 5) is 19.1. The topological polar surface area (TPSA) is 66.4 Å². The molecule has 0 bridgehead atoms. The number of allylic oxidation sites excluding steroid dienone is 3. The minimum atomic E-state index is -0.0700. The van der Waals surface area contributed by atoms with Crippen LogP contribution in [0.5, 0.6) is 0 Å². The van der Waals surface area contributed by atoms with Gasteiger partial charge in [0.05, 0.1) is 17.8 Å². The fraction of sp³-hybridized carbons (Fsp3) is 0.522. The number of rotatable bonds is 7. The third-order valence-corrected chi connectivity index (χ3v) is 7.17. The van der Waals surface area contributed by atoms with Gasteiger partial charge in [0.2, 0.25) is 0 Å². The molecule has 7 nitrogen and oxygen atoms in total. The standard InChI is InChI=1S/C23H31ClN6OS/c1-15-5-6-18(31-3)20(24)19(15)17-13-16-14-26-23(32-4)28-21(16)22(27-17)25-7-8-30-11-9-29(2)10-12-30/h5-6,13-15,19H,7-12H2,1-4H3,(H,25,27). The van der Waals surface area contributed by atoms with Crippen LogP contribution >= 0.6 is 23.4 Å². The maximum atomic E-state index is 6.74. The van der Waals surface area contributed by atoms with Gasteiger partial charge in [-0.25, -0.2) is 15.0 Å². The van der Waals surface area contributed by atoms with E-state index in [-0.39, 0.29) is 11.8 Å². The van der Waals surface area contributed by atoms with Gasteiger partial charge in [-0.2, -0.15) is 0 Å². The molecule has 1 fully saturated rings. The summed E-state index contributed by atoms with van der Waals surface area (Å²) in [6, 6.07) is 2.06. The van der Waals surface area contributed by atoms with Gasteiger partial charge in [0.1, 0.15) is 11.3 Å². The molecule has 0 radical (unpaired) electrons. The van der Waals surface area contributed by atoms with Gasteiger partial charge in [0.15, 0.2) is 11.0 Å². The number of piperazine rings is 1. The Kier molecular flexibility index (Phi) is 7.55. The van der Waals surface area contributed by atoms with E-state index in [1.54, 1.807) is 7.11 Å². The Bertz CT molecular complexity index is 1020. The van der Waals surface area contributed by atoms with Crippen molar-refractivity contribution in [1.82, 2.24) is 24.8 Å². The Labute approximate surface area is 199 Å². The molecule has 9 heteroatoms. The van der Waals surface area contributed by atoms with Crippen LogP contribution in [0, 0.1) is 5.92 Å². The van der Waals surface area contributed by atoms with Crippen molar-refractivity contribution in [3.8, 4) is 0 Å². The first kappa shape index (κ1) is 23.3. The lowest BCUT2D eigenvalue weighted by atomic mass is 9.86. The number of aromatic nitrogens is 3. The average Bonchev–Trinajstić information content (AvgIpc) is 2.80. The molecule has 1 aliphatic carbocycles. The van der Waals surface area contributed by atoms with Crippen molar-refractivity contribution in [3.63, 3.8) is 0 Å². The Morgan fingerprint density at radius 2 is 2.03 bits per heavy atom. The molecule has 172 valence electrons. The van der Waals surface area contributed by atoms with Crippen LogP contribution < -0.4 is 5.32 Å². The maximum Gasteiger partial charge on any atom is 0.187 e.